The van der Waals surface area contributed by atoms with Crippen LogP contribution in [0.25, 0.3) is 0 Å². The molecule has 0 atom stereocenters. The predicted molar refractivity (Wildman–Crippen MR) is 109 cm³/mol. The Hall–Kier alpha value is -2.56. The van der Waals surface area contributed by atoms with E-state index in [0.717, 1.165) is 18.5 Å². The zero-order valence-corrected chi connectivity index (χ0v) is 16.9. The molecule has 2 aromatic rings. The molecule has 0 aliphatic carbocycles. The van der Waals surface area contributed by atoms with Crippen molar-refractivity contribution in [2.24, 2.45) is 0 Å². The molecule has 0 spiro atoms. The van der Waals surface area contributed by atoms with Crippen LogP contribution in [0, 0.1) is 11.3 Å². The van der Waals surface area contributed by atoms with Crippen molar-refractivity contribution in [3.63, 3.8) is 0 Å². The van der Waals surface area contributed by atoms with Crippen molar-refractivity contribution in [2.45, 2.75) is 24.7 Å². The maximum atomic E-state index is 12.9. The average molecular weight is 400 g/mol. The van der Waals surface area contributed by atoms with Crippen molar-refractivity contribution in [2.75, 3.05) is 37.7 Å². The Morgan fingerprint density at radius 2 is 1.64 bits per heavy atom. The topological polar surface area (TPSA) is 73.6 Å². The summed E-state index contributed by atoms with van der Waals surface area (Å²) in [7, 11) is -3.51. The van der Waals surface area contributed by atoms with Gasteiger partial charge in [0, 0.05) is 31.9 Å². The summed E-state index contributed by atoms with van der Waals surface area (Å²) in [5.41, 5.74) is 1.62. The van der Waals surface area contributed by atoms with Crippen LogP contribution < -0.4 is 9.64 Å². The largest absolute Gasteiger partial charge is 0.494 e. The monoisotopic (exact) mass is 399 g/mol. The van der Waals surface area contributed by atoms with Crippen molar-refractivity contribution < 1.29 is 13.2 Å². The van der Waals surface area contributed by atoms with Gasteiger partial charge in [0.05, 0.1) is 23.1 Å². The van der Waals surface area contributed by atoms with Crippen LogP contribution in [0.4, 0.5) is 5.69 Å². The number of benzene rings is 2. The summed E-state index contributed by atoms with van der Waals surface area (Å²) in [4.78, 5) is 2.43. The van der Waals surface area contributed by atoms with Crippen LogP contribution in [0.15, 0.2) is 53.4 Å². The van der Waals surface area contributed by atoms with E-state index in [2.05, 4.69) is 17.9 Å². The van der Waals surface area contributed by atoms with E-state index in [4.69, 9.17) is 10.00 Å². The molecule has 0 N–H and O–H groups in total. The Morgan fingerprint density at radius 3 is 2.21 bits per heavy atom. The van der Waals surface area contributed by atoms with E-state index in [-0.39, 0.29) is 0 Å². The summed E-state index contributed by atoms with van der Waals surface area (Å²) in [5.74, 6) is 0.693. The van der Waals surface area contributed by atoms with Gasteiger partial charge in [-0.25, -0.2) is 8.42 Å². The maximum absolute atomic E-state index is 12.9. The van der Waals surface area contributed by atoms with Crippen LogP contribution >= 0.6 is 0 Å². The van der Waals surface area contributed by atoms with Gasteiger partial charge in [0.25, 0.3) is 0 Å². The smallest absolute Gasteiger partial charge is 0.243 e. The molecule has 0 saturated carbocycles. The number of rotatable bonds is 7. The lowest BCUT2D eigenvalue weighted by Crippen LogP contribution is -2.48. The number of hydrogen-bond acceptors (Lipinski definition) is 5. The first-order valence-corrected chi connectivity index (χ1v) is 11.0. The molecule has 28 heavy (non-hydrogen) atoms. The highest BCUT2D eigenvalue weighted by atomic mass is 32.2. The first-order valence-electron chi connectivity index (χ1n) is 9.52. The zero-order valence-electron chi connectivity index (χ0n) is 16.0. The normalized spacial score (nSPS) is 15.2. The van der Waals surface area contributed by atoms with Crippen molar-refractivity contribution in [1.29, 1.82) is 5.26 Å². The number of ether oxygens (including phenoxy) is 1. The van der Waals surface area contributed by atoms with Crippen LogP contribution in [-0.4, -0.2) is 45.5 Å². The van der Waals surface area contributed by atoms with E-state index in [9.17, 15) is 8.42 Å². The van der Waals surface area contributed by atoms with E-state index in [1.54, 1.807) is 36.4 Å². The van der Waals surface area contributed by atoms with Gasteiger partial charge in [-0.05, 0) is 55.0 Å². The molecule has 1 aliphatic rings. The fourth-order valence-corrected chi connectivity index (χ4v) is 4.55. The Kier molecular flexibility index (Phi) is 6.55. The van der Waals surface area contributed by atoms with Gasteiger partial charge >= 0.3 is 0 Å². The lowest BCUT2D eigenvalue weighted by atomic mass is 10.2. The molecule has 1 saturated heterocycles. The highest BCUT2D eigenvalue weighted by Crippen LogP contribution is 2.23. The van der Waals surface area contributed by atoms with Crippen molar-refractivity contribution in [3.05, 3.63) is 54.1 Å². The van der Waals surface area contributed by atoms with E-state index < -0.39 is 10.0 Å². The zero-order chi connectivity index (χ0) is 20.0. The van der Waals surface area contributed by atoms with Crippen LogP contribution in [0.3, 0.4) is 0 Å². The van der Waals surface area contributed by atoms with Gasteiger partial charge in [0.2, 0.25) is 10.0 Å². The number of sulfonamides is 1. The Labute approximate surface area is 167 Å². The molecule has 6 nitrogen and oxygen atoms in total. The van der Waals surface area contributed by atoms with Gasteiger partial charge < -0.3 is 9.64 Å². The molecule has 7 heteroatoms. The Balaban J connectivity index is 1.61. The molecule has 0 unspecified atom stereocenters. The lowest BCUT2D eigenvalue weighted by molar-refractivity contribution is 0.309. The third kappa shape index (κ3) is 4.64. The summed E-state index contributed by atoms with van der Waals surface area (Å²) in [6, 6.07) is 16.1. The third-order valence-corrected chi connectivity index (χ3v) is 6.74. The molecular weight excluding hydrogens is 374 g/mol. The summed E-state index contributed by atoms with van der Waals surface area (Å²) in [5, 5.41) is 8.90. The van der Waals surface area contributed by atoms with Crippen LogP contribution in [0.1, 0.15) is 25.3 Å². The molecule has 0 amide bonds. The number of hydrogen-bond donors (Lipinski definition) is 0. The van der Waals surface area contributed by atoms with Gasteiger partial charge in [-0.1, -0.05) is 13.3 Å². The number of nitrogens with zero attached hydrogens (tertiary/aromatic N) is 3. The van der Waals surface area contributed by atoms with Crippen LogP contribution in [0.2, 0.25) is 0 Å². The quantitative estimate of drug-likeness (QED) is 0.668. The molecule has 1 aliphatic heterocycles. The maximum Gasteiger partial charge on any atom is 0.243 e. The van der Waals surface area contributed by atoms with Gasteiger partial charge in [-0.15, -0.1) is 0 Å². The predicted octanol–water partition coefficient (Wildman–Crippen LogP) is 3.25. The highest BCUT2D eigenvalue weighted by molar-refractivity contribution is 7.89. The van der Waals surface area contributed by atoms with E-state index >= 15 is 0 Å². The molecule has 0 radical (unpaired) electrons. The second-order valence-electron chi connectivity index (χ2n) is 6.72. The minimum atomic E-state index is -3.51. The SMILES string of the molecule is CCCCOc1ccc(S(=O)(=O)N2CCN(c3ccc(C#N)cc3)CC2)cc1. The van der Waals surface area contributed by atoms with Gasteiger partial charge in [0.1, 0.15) is 5.75 Å². The van der Waals surface area contributed by atoms with Gasteiger partial charge in [0.15, 0.2) is 0 Å². The average Bonchev–Trinajstić information content (AvgIpc) is 2.74. The minimum Gasteiger partial charge on any atom is -0.494 e. The first kappa shape index (κ1) is 20.2. The lowest BCUT2D eigenvalue weighted by Gasteiger charge is -2.35. The van der Waals surface area contributed by atoms with Crippen LogP contribution in [0.5, 0.6) is 5.75 Å². The van der Waals surface area contributed by atoms with Gasteiger partial charge in [-0.2, -0.15) is 9.57 Å². The van der Waals surface area contributed by atoms with Crippen LogP contribution in [-0.2, 0) is 10.0 Å². The number of unbranched alkanes of at least 4 members (excludes halogenated alkanes) is 1. The van der Waals surface area contributed by atoms with Crippen molar-refractivity contribution >= 4 is 15.7 Å². The summed E-state index contributed by atoms with van der Waals surface area (Å²) in [6.45, 7) is 4.82. The summed E-state index contributed by atoms with van der Waals surface area (Å²) < 4.78 is 33.0. The molecule has 0 aromatic heterocycles. The molecule has 2 aromatic carbocycles. The van der Waals surface area contributed by atoms with E-state index in [0.29, 0.717) is 49.0 Å². The van der Waals surface area contributed by atoms with E-state index in [1.165, 1.54) is 4.31 Å². The molecule has 1 fully saturated rings. The fraction of sp³-hybridized carbons (Fsp3) is 0.381. The second kappa shape index (κ2) is 9.09. The first-order chi connectivity index (χ1) is 13.5. The summed E-state index contributed by atoms with van der Waals surface area (Å²) >= 11 is 0. The standard InChI is InChI=1S/C21H25N3O3S/c1-2-3-16-27-20-8-10-21(11-9-20)28(25,26)24-14-12-23(13-15-24)19-6-4-18(17-22)5-7-19/h4-11H,2-3,12-16H2,1H3. The van der Waals surface area contributed by atoms with Gasteiger partial charge in [-0.3, -0.25) is 0 Å². The minimum absolute atomic E-state index is 0.294. The highest BCUT2D eigenvalue weighted by Gasteiger charge is 2.28. The summed E-state index contributed by atoms with van der Waals surface area (Å²) in [6.07, 6.45) is 2.03. The number of nitriles is 1. The molecule has 148 valence electrons. The molecular formula is C21H25N3O3S. The Bertz CT molecular complexity index is 911. The third-order valence-electron chi connectivity index (χ3n) is 4.83. The molecule has 3 rings (SSSR count). The van der Waals surface area contributed by atoms with Crippen molar-refractivity contribution in [3.8, 4) is 11.8 Å². The van der Waals surface area contributed by atoms with Crippen molar-refractivity contribution in [1.82, 2.24) is 4.31 Å². The van der Waals surface area contributed by atoms with E-state index in [1.807, 2.05) is 12.1 Å². The molecule has 1 heterocycles. The Morgan fingerprint density at radius 1 is 1.00 bits per heavy atom. The fourth-order valence-electron chi connectivity index (χ4n) is 3.12. The molecule has 0 bridgehead atoms. The number of piperazine rings is 1. The second-order valence-corrected chi connectivity index (χ2v) is 8.66. The number of anilines is 1.